The summed E-state index contributed by atoms with van der Waals surface area (Å²) in [6, 6.07) is 31.1. The molecule has 200 valence electrons. The van der Waals surface area contributed by atoms with Gasteiger partial charge in [0, 0.05) is 29.2 Å². The average Bonchev–Trinajstić information content (AvgIpc) is 3.00. The highest BCUT2D eigenvalue weighted by Crippen LogP contribution is 2.40. The van der Waals surface area contributed by atoms with Crippen LogP contribution in [-0.2, 0) is 22.6 Å². The Kier molecular flexibility index (Phi) is 8.76. The van der Waals surface area contributed by atoms with Crippen molar-refractivity contribution in [1.82, 2.24) is 0 Å². The van der Waals surface area contributed by atoms with E-state index in [2.05, 4.69) is 24.3 Å². The van der Waals surface area contributed by atoms with Crippen LogP contribution in [0.5, 0.6) is 0 Å². The highest BCUT2D eigenvalue weighted by molar-refractivity contribution is 7.99. The fourth-order valence-corrected chi connectivity index (χ4v) is 5.78. The summed E-state index contributed by atoms with van der Waals surface area (Å²) >= 11 is 1.48. The summed E-state index contributed by atoms with van der Waals surface area (Å²) in [7, 11) is 0. The van der Waals surface area contributed by atoms with Crippen LogP contribution in [0.2, 0.25) is 0 Å². The maximum atomic E-state index is 11.7. The summed E-state index contributed by atoms with van der Waals surface area (Å²) in [6.45, 7) is 0.460. The van der Waals surface area contributed by atoms with Gasteiger partial charge < -0.3 is 25.4 Å². The van der Waals surface area contributed by atoms with E-state index in [4.69, 9.17) is 15.2 Å². The molecule has 0 bridgehead atoms. The van der Waals surface area contributed by atoms with Gasteiger partial charge in [0.05, 0.1) is 24.4 Å². The molecule has 4 aromatic carbocycles. The first kappa shape index (κ1) is 27.1. The number of carbonyl (C=O) groups is 1. The number of carboxylic acid groups (broad SMARTS) is 1. The molecule has 1 aliphatic rings. The highest BCUT2D eigenvalue weighted by atomic mass is 32.2. The molecule has 0 radical (unpaired) electrons. The number of carboxylic acids is 1. The van der Waals surface area contributed by atoms with Crippen molar-refractivity contribution in [3.63, 3.8) is 0 Å². The Labute approximate surface area is 232 Å². The van der Waals surface area contributed by atoms with Gasteiger partial charge in [-0.1, -0.05) is 72.8 Å². The van der Waals surface area contributed by atoms with E-state index in [1.54, 1.807) is 12.1 Å². The summed E-state index contributed by atoms with van der Waals surface area (Å²) in [5.41, 5.74) is 12.1. The van der Waals surface area contributed by atoms with Gasteiger partial charge in [-0.05, 0) is 52.1 Å². The van der Waals surface area contributed by atoms with Crippen molar-refractivity contribution in [2.45, 2.75) is 43.0 Å². The highest BCUT2D eigenvalue weighted by Gasteiger charge is 2.32. The first-order valence-electron chi connectivity index (χ1n) is 12.9. The maximum Gasteiger partial charge on any atom is 0.336 e. The molecule has 1 fully saturated rings. The van der Waals surface area contributed by atoms with Crippen molar-refractivity contribution in [1.29, 1.82) is 0 Å². The lowest BCUT2D eigenvalue weighted by atomic mass is 9.99. The third-order valence-electron chi connectivity index (χ3n) is 6.81. The Morgan fingerprint density at radius 3 is 2.33 bits per heavy atom. The second-order valence-corrected chi connectivity index (χ2v) is 10.6. The van der Waals surface area contributed by atoms with Gasteiger partial charge in [-0.25, -0.2) is 4.79 Å². The van der Waals surface area contributed by atoms with Crippen molar-refractivity contribution in [2.24, 2.45) is 5.73 Å². The van der Waals surface area contributed by atoms with Crippen LogP contribution in [0.15, 0.2) is 102 Å². The van der Waals surface area contributed by atoms with Gasteiger partial charge in [0.1, 0.15) is 0 Å². The minimum absolute atomic E-state index is 0.0159. The van der Waals surface area contributed by atoms with E-state index in [9.17, 15) is 15.0 Å². The standard InChI is InChI=1S/C32H31NO5S/c33-18-22-5-3-6-24(15-22)25-7-4-8-26(16-25)32-37-27(20-39-30-10-2-1-9-28(30)31(35)36)17-29(38-32)23-13-11-21(19-34)12-14-23/h1-16,27,29,32,34H,17-20,33H2,(H,35,36)/t27-,29+,32+/m0/s1. The third-order valence-corrected chi connectivity index (χ3v) is 8.02. The molecule has 4 N–H and O–H groups in total. The zero-order chi connectivity index (χ0) is 27.2. The van der Waals surface area contributed by atoms with E-state index in [1.165, 1.54) is 11.8 Å². The molecule has 1 aliphatic heterocycles. The number of aliphatic hydroxyl groups is 1. The predicted molar refractivity (Wildman–Crippen MR) is 152 cm³/mol. The topological polar surface area (TPSA) is 102 Å². The van der Waals surface area contributed by atoms with Crippen LogP contribution < -0.4 is 5.73 Å². The fraction of sp³-hybridized carbons (Fsp3) is 0.219. The van der Waals surface area contributed by atoms with Crippen molar-refractivity contribution in [2.75, 3.05) is 5.75 Å². The molecule has 0 unspecified atom stereocenters. The van der Waals surface area contributed by atoms with E-state index < -0.39 is 12.3 Å². The average molecular weight is 542 g/mol. The van der Waals surface area contributed by atoms with Crippen LogP contribution >= 0.6 is 11.8 Å². The van der Waals surface area contributed by atoms with Gasteiger partial charge in [-0.2, -0.15) is 0 Å². The second-order valence-electron chi connectivity index (χ2n) is 9.49. The first-order chi connectivity index (χ1) is 19.0. The van der Waals surface area contributed by atoms with Crippen LogP contribution in [0.4, 0.5) is 0 Å². The number of hydrogen-bond acceptors (Lipinski definition) is 6. The summed E-state index contributed by atoms with van der Waals surface area (Å²) in [4.78, 5) is 12.4. The Hall–Kier alpha value is -3.46. The molecular formula is C32H31NO5S. The summed E-state index contributed by atoms with van der Waals surface area (Å²) in [5.74, 6) is -0.366. The first-order valence-corrected chi connectivity index (χ1v) is 13.9. The monoisotopic (exact) mass is 541 g/mol. The minimum atomic E-state index is -0.943. The lowest BCUT2D eigenvalue weighted by molar-refractivity contribution is -0.245. The van der Waals surface area contributed by atoms with Crippen molar-refractivity contribution >= 4 is 17.7 Å². The van der Waals surface area contributed by atoms with Crippen LogP contribution in [0.25, 0.3) is 11.1 Å². The molecule has 1 heterocycles. The number of nitrogens with two attached hydrogens (primary N) is 1. The Balaban J connectivity index is 1.41. The molecular weight excluding hydrogens is 510 g/mol. The minimum Gasteiger partial charge on any atom is -0.478 e. The zero-order valence-corrected chi connectivity index (χ0v) is 22.2. The molecule has 0 aliphatic carbocycles. The molecule has 5 rings (SSSR count). The molecule has 0 saturated carbocycles. The number of hydrogen-bond donors (Lipinski definition) is 3. The Morgan fingerprint density at radius 2 is 1.59 bits per heavy atom. The van der Waals surface area contributed by atoms with E-state index in [0.717, 1.165) is 33.4 Å². The quantitative estimate of drug-likeness (QED) is 0.213. The maximum absolute atomic E-state index is 11.7. The number of aromatic carboxylic acids is 1. The number of ether oxygens (including phenoxy) is 2. The second kappa shape index (κ2) is 12.6. The van der Waals surface area contributed by atoms with Crippen molar-refractivity contribution in [3.05, 3.63) is 125 Å². The zero-order valence-electron chi connectivity index (χ0n) is 21.4. The van der Waals surface area contributed by atoms with Crippen LogP contribution in [0, 0.1) is 0 Å². The number of thioether (sulfide) groups is 1. The molecule has 4 aromatic rings. The van der Waals surface area contributed by atoms with Gasteiger partial charge in [0.25, 0.3) is 0 Å². The summed E-state index contributed by atoms with van der Waals surface area (Å²) < 4.78 is 13.0. The largest absolute Gasteiger partial charge is 0.478 e. The van der Waals surface area contributed by atoms with Crippen LogP contribution in [0.1, 0.15) is 51.4 Å². The van der Waals surface area contributed by atoms with E-state index >= 15 is 0 Å². The fourth-order valence-electron chi connectivity index (χ4n) is 4.72. The molecule has 7 heteroatoms. The molecule has 0 spiro atoms. The van der Waals surface area contributed by atoms with Crippen LogP contribution in [-0.4, -0.2) is 28.0 Å². The lowest BCUT2D eigenvalue weighted by Gasteiger charge is -2.36. The third kappa shape index (κ3) is 6.58. The van der Waals surface area contributed by atoms with Crippen molar-refractivity contribution in [3.8, 4) is 11.1 Å². The van der Waals surface area contributed by atoms with E-state index in [-0.39, 0.29) is 24.4 Å². The molecule has 3 atom stereocenters. The number of rotatable bonds is 9. The SMILES string of the molecule is NCc1cccc(-c2cccc([C@@H]3O[C@H](CSc4ccccc4C(=O)O)C[C@H](c4ccc(CO)cc4)O3)c2)c1. The molecule has 0 aromatic heterocycles. The van der Waals surface area contributed by atoms with E-state index in [0.29, 0.717) is 23.6 Å². The summed E-state index contributed by atoms with van der Waals surface area (Å²) in [6.07, 6.45) is -0.377. The number of aliphatic hydroxyl groups excluding tert-OH is 1. The Bertz CT molecular complexity index is 1420. The predicted octanol–water partition coefficient (Wildman–Crippen LogP) is 6.34. The van der Waals surface area contributed by atoms with Crippen LogP contribution in [0.3, 0.4) is 0 Å². The Morgan fingerprint density at radius 1 is 0.846 bits per heavy atom. The van der Waals surface area contributed by atoms with Gasteiger partial charge in [-0.15, -0.1) is 11.8 Å². The molecule has 1 saturated heterocycles. The smallest absolute Gasteiger partial charge is 0.336 e. The van der Waals surface area contributed by atoms with Gasteiger partial charge in [0.2, 0.25) is 0 Å². The molecule has 39 heavy (non-hydrogen) atoms. The molecule has 6 nitrogen and oxygen atoms in total. The van der Waals surface area contributed by atoms with Gasteiger partial charge in [-0.3, -0.25) is 0 Å². The summed E-state index contributed by atoms with van der Waals surface area (Å²) in [5, 5.41) is 19.1. The normalized spacial score (nSPS) is 19.1. The number of benzene rings is 4. The van der Waals surface area contributed by atoms with Crippen molar-refractivity contribution < 1.29 is 24.5 Å². The van der Waals surface area contributed by atoms with Gasteiger partial charge >= 0.3 is 5.97 Å². The van der Waals surface area contributed by atoms with E-state index in [1.807, 2.05) is 60.7 Å². The van der Waals surface area contributed by atoms with Gasteiger partial charge in [0.15, 0.2) is 6.29 Å². The lowest BCUT2D eigenvalue weighted by Crippen LogP contribution is -2.31. The molecule has 0 amide bonds.